The van der Waals surface area contributed by atoms with Crippen LogP contribution in [0.4, 0.5) is 0 Å². The lowest BCUT2D eigenvalue weighted by molar-refractivity contribution is -0.121. The second kappa shape index (κ2) is 8.39. The maximum absolute atomic E-state index is 11.9. The molecule has 0 saturated heterocycles. The van der Waals surface area contributed by atoms with Crippen LogP contribution in [0.1, 0.15) is 43.6 Å². The van der Waals surface area contributed by atoms with Crippen molar-refractivity contribution >= 4 is 5.91 Å². The minimum Gasteiger partial charge on any atom is -0.467 e. The number of aliphatic hydroxyl groups excluding tert-OH is 1. The summed E-state index contributed by atoms with van der Waals surface area (Å²) in [6, 6.07) is 13.5. The molecule has 2 rings (SSSR count). The van der Waals surface area contributed by atoms with E-state index in [-0.39, 0.29) is 11.9 Å². The molecular weight excluding hydrogens is 278 g/mol. The number of rotatable bonds is 8. The molecule has 2 unspecified atom stereocenters. The average Bonchev–Trinajstić information content (AvgIpc) is 3.02. The summed E-state index contributed by atoms with van der Waals surface area (Å²) in [5.74, 6) is 0.556. The fourth-order valence-electron chi connectivity index (χ4n) is 2.44. The van der Waals surface area contributed by atoms with E-state index in [9.17, 15) is 9.90 Å². The summed E-state index contributed by atoms with van der Waals surface area (Å²) in [6.45, 7) is 1.89. The van der Waals surface area contributed by atoms with Crippen LogP contribution in [0.15, 0.2) is 53.1 Å². The Hall–Kier alpha value is -2.07. The van der Waals surface area contributed by atoms with Gasteiger partial charge in [-0.2, -0.15) is 0 Å². The third-order valence-corrected chi connectivity index (χ3v) is 3.57. The van der Waals surface area contributed by atoms with Crippen molar-refractivity contribution in [2.75, 3.05) is 0 Å². The molecule has 0 saturated carbocycles. The molecule has 4 heteroatoms. The summed E-state index contributed by atoms with van der Waals surface area (Å²) in [4.78, 5) is 11.9. The maximum Gasteiger partial charge on any atom is 0.220 e. The summed E-state index contributed by atoms with van der Waals surface area (Å²) in [5, 5.41) is 12.9. The van der Waals surface area contributed by atoms with Crippen molar-refractivity contribution in [1.29, 1.82) is 0 Å². The van der Waals surface area contributed by atoms with E-state index in [0.717, 1.165) is 12.8 Å². The Morgan fingerprint density at radius 1 is 1.23 bits per heavy atom. The summed E-state index contributed by atoms with van der Waals surface area (Å²) in [5.41, 5.74) is 1.25. The second-order valence-corrected chi connectivity index (χ2v) is 5.57. The van der Waals surface area contributed by atoms with E-state index in [1.54, 1.807) is 12.1 Å². The lowest BCUT2D eigenvalue weighted by Gasteiger charge is -2.16. The van der Waals surface area contributed by atoms with Gasteiger partial charge in [-0.05, 0) is 37.5 Å². The number of carbonyl (C=O) groups excluding carboxylic acids is 1. The first-order valence-corrected chi connectivity index (χ1v) is 7.70. The molecule has 0 spiro atoms. The Bertz CT molecular complexity index is 551. The third-order valence-electron chi connectivity index (χ3n) is 3.57. The number of carbonyl (C=O) groups is 1. The number of nitrogens with one attached hydrogen (secondary N) is 1. The van der Waals surface area contributed by atoms with Gasteiger partial charge in [0.2, 0.25) is 5.91 Å². The number of hydrogen-bond donors (Lipinski definition) is 2. The monoisotopic (exact) mass is 301 g/mol. The number of aryl methyl sites for hydroxylation is 1. The van der Waals surface area contributed by atoms with Gasteiger partial charge in [0.25, 0.3) is 0 Å². The molecular formula is C18H23NO3. The van der Waals surface area contributed by atoms with Gasteiger partial charge < -0.3 is 14.8 Å². The highest BCUT2D eigenvalue weighted by atomic mass is 16.4. The van der Waals surface area contributed by atoms with Crippen LogP contribution >= 0.6 is 0 Å². The lowest BCUT2D eigenvalue weighted by atomic mass is 10.1. The molecule has 4 nitrogen and oxygen atoms in total. The first kappa shape index (κ1) is 16.3. The van der Waals surface area contributed by atoms with Gasteiger partial charge in [0.15, 0.2) is 0 Å². The number of furan rings is 1. The van der Waals surface area contributed by atoms with Crippen LogP contribution in [-0.2, 0) is 11.2 Å². The van der Waals surface area contributed by atoms with Crippen LogP contribution < -0.4 is 5.32 Å². The van der Waals surface area contributed by atoms with Crippen molar-refractivity contribution in [3.05, 3.63) is 60.1 Å². The normalized spacial score (nSPS) is 13.5. The smallest absolute Gasteiger partial charge is 0.220 e. The highest BCUT2D eigenvalue weighted by Crippen LogP contribution is 2.18. The van der Waals surface area contributed by atoms with Gasteiger partial charge in [-0.3, -0.25) is 4.79 Å². The van der Waals surface area contributed by atoms with Gasteiger partial charge in [0, 0.05) is 18.9 Å². The number of hydrogen-bond acceptors (Lipinski definition) is 3. The van der Waals surface area contributed by atoms with Gasteiger partial charge in [-0.25, -0.2) is 0 Å². The first-order valence-electron chi connectivity index (χ1n) is 7.70. The second-order valence-electron chi connectivity index (χ2n) is 5.57. The molecule has 1 aromatic heterocycles. The molecule has 2 N–H and O–H groups in total. The Kier molecular flexibility index (Phi) is 6.22. The molecule has 1 aromatic carbocycles. The van der Waals surface area contributed by atoms with Gasteiger partial charge >= 0.3 is 0 Å². The zero-order valence-electron chi connectivity index (χ0n) is 12.9. The molecule has 118 valence electrons. The number of benzene rings is 1. The van der Waals surface area contributed by atoms with E-state index in [0.29, 0.717) is 18.6 Å². The lowest BCUT2D eigenvalue weighted by Crippen LogP contribution is -2.33. The fraction of sp³-hybridized carbons (Fsp3) is 0.389. The van der Waals surface area contributed by atoms with Gasteiger partial charge in [0.1, 0.15) is 11.9 Å². The van der Waals surface area contributed by atoms with E-state index in [1.807, 2.05) is 25.1 Å². The minimum absolute atomic E-state index is 0.0232. The van der Waals surface area contributed by atoms with Crippen LogP contribution in [0.3, 0.4) is 0 Å². The standard InChI is InChI=1S/C18H23NO3/c1-14(13-16(20)17-10-6-12-22-17)19-18(21)11-5-9-15-7-3-2-4-8-15/h2-4,6-8,10,12,14,16,20H,5,9,11,13H2,1H3,(H,19,21). The Labute approximate surface area is 131 Å². The molecule has 0 fully saturated rings. The Morgan fingerprint density at radius 3 is 2.68 bits per heavy atom. The summed E-state index contributed by atoms with van der Waals surface area (Å²) < 4.78 is 5.15. The topological polar surface area (TPSA) is 62.5 Å². The molecule has 2 atom stereocenters. The quantitative estimate of drug-likeness (QED) is 0.787. The fourth-order valence-corrected chi connectivity index (χ4v) is 2.44. The van der Waals surface area contributed by atoms with E-state index in [2.05, 4.69) is 17.4 Å². The van der Waals surface area contributed by atoms with Crippen LogP contribution in [0.5, 0.6) is 0 Å². The SMILES string of the molecule is CC(CC(O)c1ccco1)NC(=O)CCCc1ccccc1. The van der Waals surface area contributed by atoms with Crippen LogP contribution in [-0.4, -0.2) is 17.1 Å². The van der Waals surface area contributed by atoms with E-state index in [4.69, 9.17) is 4.42 Å². The highest BCUT2D eigenvalue weighted by Gasteiger charge is 2.16. The first-order chi connectivity index (χ1) is 10.6. The molecule has 1 amide bonds. The molecule has 0 aliphatic rings. The van der Waals surface area contributed by atoms with Crippen molar-refractivity contribution in [3.63, 3.8) is 0 Å². The van der Waals surface area contributed by atoms with E-state index in [1.165, 1.54) is 11.8 Å². The van der Waals surface area contributed by atoms with Crippen molar-refractivity contribution in [3.8, 4) is 0 Å². The third kappa shape index (κ3) is 5.37. The van der Waals surface area contributed by atoms with Crippen LogP contribution in [0.2, 0.25) is 0 Å². The largest absolute Gasteiger partial charge is 0.467 e. The van der Waals surface area contributed by atoms with Gasteiger partial charge in [0.05, 0.1) is 6.26 Å². The number of amides is 1. The van der Waals surface area contributed by atoms with Crippen LogP contribution in [0, 0.1) is 0 Å². The summed E-state index contributed by atoms with van der Waals surface area (Å²) >= 11 is 0. The predicted octanol–water partition coefficient (Wildman–Crippen LogP) is 3.23. The minimum atomic E-state index is -0.686. The van der Waals surface area contributed by atoms with Gasteiger partial charge in [-0.15, -0.1) is 0 Å². The van der Waals surface area contributed by atoms with Crippen molar-refractivity contribution < 1.29 is 14.3 Å². The predicted molar refractivity (Wildman–Crippen MR) is 85.3 cm³/mol. The van der Waals surface area contributed by atoms with E-state index < -0.39 is 6.10 Å². The van der Waals surface area contributed by atoms with Crippen molar-refractivity contribution in [1.82, 2.24) is 5.32 Å². The zero-order valence-corrected chi connectivity index (χ0v) is 12.9. The Balaban J connectivity index is 1.66. The van der Waals surface area contributed by atoms with Crippen LogP contribution in [0.25, 0.3) is 0 Å². The maximum atomic E-state index is 11.9. The zero-order chi connectivity index (χ0) is 15.8. The van der Waals surface area contributed by atoms with Crippen molar-refractivity contribution in [2.24, 2.45) is 0 Å². The summed E-state index contributed by atoms with van der Waals surface area (Å²) in [6.07, 6.45) is 3.51. The molecule has 0 radical (unpaired) electrons. The Morgan fingerprint density at radius 2 is 2.00 bits per heavy atom. The van der Waals surface area contributed by atoms with Crippen molar-refractivity contribution in [2.45, 2.75) is 44.8 Å². The average molecular weight is 301 g/mol. The molecule has 1 heterocycles. The molecule has 0 bridgehead atoms. The highest BCUT2D eigenvalue weighted by molar-refractivity contribution is 5.76. The van der Waals surface area contributed by atoms with Gasteiger partial charge in [-0.1, -0.05) is 30.3 Å². The van der Waals surface area contributed by atoms with E-state index >= 15 is 0 Å². The number of aliphatic hydroxyl groups is 1. The molecule has 0 aliphatic carbocycles. The summed E-state index contributed by atoms with van der Waals surface area (Å²) in [7, 11) is 0. The molecule has 22 heavy (non-hydrogen) atoms. The molecule has 0 aliphatic heterocycles. The molecule has 2 aromatic rings.